The van der Waals surface area contributed by atoms with Gasteiger partial charge in [-0.25, -0.2) is 0 Å². The van der Waals surface area contributed by atoms with Gasteiger partial charge in [-0.15, -0.1) is 0 Å². The van der Waals surface area contributed by atoms with Crippen molar-refractivity contribution in [1.29, 1.82) is 0 Å². The van der Waals surface area contributed by atoms with Gasteiger partial charge in [0.15, 0.2) is 0 Å². The summed E-state index contributed by atoms with van der Waals surface area (Å²) < 4.78 is 0. The third-order valence-electron chi connectivity index (χ3n) is 2.33. The van der Waals surface area contributed by atoms with Crippen molar-refractivity contribution in [2.24, 2.45) is 0 Å². The second kappa shape index (κ2) is 4.09. The summed E-state index contributed by atoms with van der Waals surface area (Å²) in [5.74, 6) is 0. The fraction of sp³-hybridized carbons (Fsp3) is 0.583. The zero-order valence-corrected chi connectivity index (χ0v) is 9.81. The van der Waals surface area contributed by atoms with Gasteiger partial charge in [-0.3, -0.25) is 4.98 Å². The highest BCUT2D eigenvalue weighted by Gasteiger charge is 2.15. The van der Waals surface area contributed by atoms with Crippen molar-refractivity contribution in [2.75, 3.05) is 7.05 Å². The molecule has 0 spiro atoms. The van der Waals surface area contributed by atoms with E-state index in [2.05, 4.69) is 50.1 Å². The van der Waals surface area contributed by atoms with Gasteiger partial charge in [-0.1, -0.05) is 26.8 Å². The molecule has 0 aliphatic rings. The Morgan fingerprint density at radius 3 is 2.36 bits per heavy atom. The van der Waals surface area contributed by atoms with E-state index < -0.39 is 0 Å². The summed E-state index contributed by atoms with van der Waals surface area (Å²) in [5, 5.41) is 3.14. The van der Waals surface area contributed by atoms with Gasteiger partial charge in [0.05, 0.1) is 0 Å². The number of nitrogens with one attached hydrogen (secondary N) is 1. The highest BCUT2D eigenvalue weighted by molar-refractivity contribution is 5.25. The lowest BCUT2D eigenvalue weighted by Crippen LogP contribution is -2.15. The van der Waals surface area contributed by atoms with Gasteiger partial charge in [0.1, 0.15) is 0 Å². The average molecular weight is 192 g/mol. The van der Waals surface area contributed by atoms with Gasteiger partial charge in [0.25, 0.3) is 0 Å². The van der Waals surface area contributed by atoms with E-state index in [4.69, 9.17) is 0 Å². The lowest BCUT2D eigenvalue weighted by Gasteiger charge is -2.19. The minimum Gasteiger partial charge on any atom is -0.316 e. The summed E-state index contributed by atoms with van der Waals surface area (Å²) in [4.78, 5) is 4.62. The van der Waals surface area contributed by atoms with Crippen LogP contribution in [0, 0.1) is 6.92 Å². The molecular formula is C12H20N2. The van der Waals surface area contributed by atoms with Gasteiger partial charge in [0, 0.05) is 23.3 Å². The maximum atomic E-state index is 4.62. The SMILES string of the molecule is CNCc1ccc(C(C)(C)C)nc1C. The third kappa shape index (κ3) is 2.55. The van der Waals surface area contributed by atoms with Gasteiger partial charge in [-0.05, 0) is 25.6 Å². The van der Waals surface area contributed by atoms with Crippen LogP contribution >= 0.6 is 0 Å². The van der Waals surface area contributed by atoms with Crippen LogP contribution in [0.1, 0.15) is 37.7 Å². The minimum absolute atomic E-state index is 0.142. The van der Waals surface area contributed by atoms with E-state index in [0.29, 0.717) is 0 Å². The van der Waals surface area contributed by atoms with Crippen LogP contribution in [0.15, 0.2) is 12.1 Å². The van der Waals surface area contributed by atoms with Crippen LogP contribution in [0.5, 0.6) is 0 Å². The van der Waals surface area contributed by atoms with Gasteiger partial charge in [0.2, 0.25) is 0 Å². The van der Waals surface area contributed by atoms with Crippen molar-refractivity contribution in [3.63, 3.8) is 0 Å². The molecule has 0 saturated carbocycles. The molecule has 0 aliphatic heterocycles. The molecule has 1 heterocycles. The Hall–Kier alpha value is -0.890. The van der Waals surface area contributed by atoms with Crippen LogP contribution in [0.2, 0.25) is 0 Å². The summed E-state index contributed by atoms with van der Waals surface area (Å²) in [7, 11) is 1.96. The largest absolute Gasteiger partial charge is 0.316 e. The van der Waals surface area contributed by atoms with Crippen LogP contribution in [0.3, 0.4) is 0 Å². The third-order valence-corrected chi connectivity index (χ3v) is 2.33. The Bertz CT molecular complexity index is 311. The number of nitrogens with zero attached hydrogens (tertiary/aromatic N) is 1. The first-order valence-electron chi connectivity index (χ1n) is 5.07. The molecule has 2 heteroatoms. The minimum atomic E-state index is 0.142. The summed E-state index contributed by atoms with van der Waals surface area (Å²) >= 11 is 0. The summed E-state index contributed by atoms with van der Waals surface area (Å²) in [6.07, 6.45) is 0. The Morgan fingerprint density at radius 2 is 1.93 bits per heavy atom. The lowest BCUT2D eigenvalue weighted by atomic mass is 9.91. The number of hydrogen-bond acceptors (Lipinski definition) is 2. The first-order valence-corrected chi connectivity index (χ1v) is 5.07. The summed E-state index contributed by atoms with van der Waals surface area (Å²) in [5.41, 5.74) is 3.71. The van der Waals surface area contributed by atoms with Crippen molar-refractivity contribution in [3.8, 4) is 0 Å². The second-order valence-electron chi connectivity index (χ2n) is 4.72. The predicted molar refractivity (Wildman–Crippen MR) is 60.4 cm³/mol. The molecule has 0 aliphatic carbocycles. The molecule has 78 valence electrons. The first-order chi connectivity index (χ1) is 6.45. The molecule has 1 aromatic heterocycles. The smallest absolute Gasteiger partial charge is 0.0460 e. The van der Waals surface area contributed by atoms with E-state index in [-0.39, 0.29) is 5.41 Å². The highest BCUT2D eigenvalue weighted by atomic mass is 14.8. The fourth-order valence-corrected chi connectivity index (χ4v) is 1.38. The maximum Gasteiger partial charge on any atom is 0.0460 e. The van der Waals surface area contributed by atoms with Crippen molar-refractivity contribution in [1.82, 2.24) is 10.3 Å². The molecule has 0 radical (unpaired) electrons. The monoisotopic (exact) mass is 192 g/mol. The average Bonchev–Trinajstić information content (AvgIpc) is 2.07. The second-order valence-corrected chi connectivity index (χ2v) is 4.72. The quantitative estimate of drug-likeness (QED) is 0.778. The summed E-state index contributed by atoms with van der Waals surface area (Å²) in [6.45, 7) is 9.52. The van der Waals surface area contributed by atoms with Gasteiger partial charge >= 0.3 is 0 Å². The highest BCUT2D eigenvalue weighted by Crippen LogP contribution is 2.21. The molecule has 2 nitrogen and oxygen atoms in total. The van der Waals surface area contributed by atoms with E-state index >= 15 is 0 Å². The molecule has 14 heavy (non-hydrogen) atoms. The predicted octanol–water partition coefficient (Wildman–Crippen LogP) is 2.41. The molecule has 0 atom stereocenters. The lowest BCUT2D eigenvalue weighted by molar-refractivity contribution is 0.565. The van der Waals surface area contributed by atoms with Crippen molar-refractivity contribution >= 4 is 0 Å². The topological polar surface area (TPSA) is 24.9 Å². The number of rotatable bonds is 2. The molecule has 1 aromatic rings. The number of aromatic nitrogens is 1. The summed E-state index contributed by atoms with van der Waals surface area (Å²) in [6, 6.07) is 4.29. The van der Waals surface area contributed by atoms with Gasteiger partial charge in [-0.2, -0.15) is 0 Å². The van der Waals surface area contributed by atoms with Crippen LogP contribution in [-0.4, -0.2) is 12.0 Å². The molecular weight excluding hydrogens is 172 g/mol. The molecule has 0 amide bonds. The number of aryl methyl sites for hydroxylation is 1. The van der Waals surface area contributed by atoms with Crippen LogP contribution in [-0.2, 0) is 12.0 Å². The fourth-order valence-electron chi connectivity index (χ4n) is 1.38. The van der Waals surface area contributed by atoms with Crippen LogP contribution in [0.4, 0.5) is 0 Å². The molecule has 0 aromatic carbocycles. The first kappa shape index (κ1) is 11.2. The zero-order valence-electron chi connectivity index (χ0n) is 9.81. The number of pyridine rings is 1. The van der Waals surface area contributed by atoms with E-state index in [9.17, 15) is 0 Å². The zero-order chi connectivity index (χ0) is 10.8. The molecule has 1 N–H and O–H groups in total. The maximum absolute atomic E-state index is 4.62. The van der Waals surface area contributed by atoms with E-state index in [1.54, 1.807) is 0 Å². The van der Waals surface area contributed by atoms with E-state index in [1.165, 1.54) is 5.56 Å². The Labute approximate surface area is 86.8 Å². The Kier molecular flexibility index (Phi) is 3.27. The Balaban J connectivity index is 3.01. The molecule has 0 bridgehead atoms. The normalized spacial score (nSPS) is 11.8. The standard InChI is InChI=1S/C12H20N2/c1-9-10(8-13-5)6-7-11(14-9)12(2,3)4/h6-7,13H,8H2,1-5H3. The van der Waals surface area contributed by atoms with Crippen molar-refractivity contribution < 1.29 is 0 Å². The van der Waals surface area contributed by atoms with Crippen molar-refractivity contribution in [2.45, 2.75) is 39.7 Å². The Morgan fingerprint density at radius 1 is 1.29 bits per heavy atom. The molecule has 0 saturated heterocycles. The number of hydrogen-bond donors (Lipinski definition) is 1. The van der Waals surface area contributed by atoms with Crippen molar-refractivity contribution in [3.05, 3.63) is 29.1 Å². The van der Waals surface area contributed by atoms with Gasteiger partial charge < -0.3 is 5.32 Å². The molecule has 1 rings (SSSR count). The van der Waals surface area contributed by atoms with Crippen LogP contribution < -0.4 is 5.32 Å². The van der Waals surface area contributed by atoms with E-state index in [0.717, 1.165) is 17.9 Å². The van der Waals surface area contributed by atoms with Crippen LogP contribution in [0.25, 0.3) is 0 Å². The van der Waals surface area contributed by atoms with E-state index in [1.807, 2.05) is 7.05 Å². The molecule has 0 unspecified atom stereocenters. The molecule has 0 fully saturated rings.